The fraction of sp³-hybridized carbons (Fsp3) is 0.269. The maximum atomic E-state index is 13.2. The van der Waals surface area contributed by atoms with Gasteiger partial charge in [-0.05, 0) is 54.5 Å². The number of carbonyl (C=O) groups is 1. The highest BCUT2D eigenvalue weighted by Gasteiger charge is 2.34. The smallest absolute Gasteiger partial charge is 0.252 e. The summed E-state index contributed by atoms with van der Waals surface area (Å²) in [5.74, 6) is 0.239. The molecule has 1 aromatic carbocycles. The van der Waals surface area contributed by atoms with E-state index in [2.05, 4.69) is 58.0 Å². The Labute approximate surface area is 180 Å². The van der Waals surface area contributed by atoms with Crippen molar-refractivity contribution in [1.82, 2.24) is 14.3 Å². The van der Waals surface area contributed by atoms with E-state index < -0.39 is 0 Å². The molecule has 3 aromatic heterocycles. The van der Waals surface area contributed by atoms with E-state index in [0.29, 0.717) is 6.54 Å². The van der Waals surface area contributed by atoms with Crippen molar-refractivity contribution in [3.05, 3.63) is 77.2 Å². The second-order valence-corrected chi connectivity index (χ2v) is 8.75. The van der Waals surface area contributed by atoms with Gasteiger partial charge in [-0.25, -0.2) is 0 Å². The van der Waals surface area contributed by atoms with Crippen molar-refractivity contribution in [1.29, 1.82) is 0 Å². The summed E-state index contributed by atoms with van der Waals surface area (Å²) in [4.78, 5) is 13.2. The van der Waals surface area contributed by atoms with Crippen LogP contribution in [0.4, 0.5) is 0 Å². The van der Waals surface area contributed by atoms with Gasteiger partial charge < -0.3 is 19.4 Å². The second-order valence-electron chi connectivity index (χ2n) is 8.75. The minimum Gasteiger partial charge on any atom is -0.396 e. The average Bonchev–Trinajstić information content (AvgIpc) is 3.44. The molecule has 6 rings (SSSR count). The van der Waals surface area contributed by atoms with Crippen molar-refractivity contribution in [2.45, 2.75) is 19.3 Å². The van der Waals surface area contributed by atoms with Gasteiger partial charge >= 0.3 is 0 Å². The van der Waals surface area contributed by atoms with Crippen molar-refractivity contribution >= 4 is 33.5 Å². The number of aromatic nitrogens is 2. The average molecular weight is 412 g/mol. The van der Waals surface area contributed by atoms with Crippen molar-refractivity contribution in [3.63, 3.8) is 0 Å². The lowest BCUT2D eigenvalue weighted by atomic mass is 9.83. The summed E-state index contributed by atoms with van der Waals surface area (Å²) in [6.45, 7) is 0.719. The predicted octanol–water partition coefficient (Wildman–Crippen LogP) is 3.57. The monoisotopic (exact) mass is 411 g/mol. The number of pyridine rings is 1. The van der Waals surface area contributed by atoms with Gasteiger partial charge in [0.15, 0.2) is 0 Å². The molecule has 0 fully saturated rings. The van der Waals surface area contributed by atoms with Gasteiger partial charge in [-0.2, -0.15) is 0 Å². The summed E-state index contributed by atoms with van der Waals surface area (Å²) in [5, 5.41) is 14.1. The van der Waals surface area contributed by atoms with Crippen LogP contribution in [0.2, 0.25) is 0 Å². The molecule has 1 aliphatic heterocycles. The first-order chi connectivity index (χ1) is 15.2. The largest absolute Gasteiger partial charge is 0.396 e. The molecule has 0 saturated heterocycles. The molecular formula is C26H25N3O2. The Hall–Kier alpha value is -3.31. The zero-order valence-electron chi connectivity index (χ0n) is 17.6. The number of aliphatic hydroxyl groups excluding tert-OH is 1. The van der Waals surface area contributed by atoms with E-state index in [9.17, 15) is 9.90 Å². The number of benzene rings is 1. The topological polar surface area (TPSA) is 58.7 Å². The first kappa shape index (κ1) is 18.5. The molecule has 4 aromatic rings. The highest BCUT2D eigenvalue weighted by Crippen LogP contribution is 2.42. The lowest BCUT2D eigenvalue weighted by Crippen LogP contribution is -2.20. The molecule has 1 atom stereocenters. The van der Waals surface area contributed by atoms with Crippen LogP contribution < -0.4 is 5.32 Å². The molecule has 4 heterocycles. The zero-order chi connectivity index (χ0) is 21.1. The molecule has 0 saturated carbocycles. The van der Waals surface area contributed by atoms with Crippen LogP contribution in [-0.2, 0) is 24.7 Å². The summed E-state index contributed by atoms with van der Waals surface area (Å²) in [5.41, 5.74) is 8.76. The van der Waals surface area contributed by atoms with E-state index in [4.69, 9.17) is 0 Å². The van der Waals surface area contributed by atoms with E-state index in [1.54, 1.807) is 0 Å². The van der Waals surface area contributed by atoms with Crippen LogP contribution in [0.3, 0.4) is 0 Å². The van der Waals surface area contributed by atoms with Gasteiger partial charge in [0.2, 0.25) is 0 Å². The standard InChI is InChI=1S/C26H25N3O2/c1-28-14-20(17-6-2-3-7-21(17)28)19-13-27-26(31)25(19)24-18-12-16(15-30)9-10-22(18)29-11-5-4-8-23(24)29/h2-8,11,14,16,30H,9-10,12-13,15H2,1H3,(H,27,31). The number of nitrogens with one attached hydrogen (secondary N) is 1. The molecule has 5 heteroatoms. The zero-order valence-corrected chi connectivity index (χ0v) is 17.6. The van der Waals surface area contributed by atoms with Gasteiger partial charge in [0, 0.05) is 60.3 Å². The van der Waals surface area contributed by atoms with Crippen LogP contribution in [0.25, 0.3) is 27.6 Å². The number of fused-ring (bicyclic) bond motifs is 4. The van der Waals surface area contributed by atoms with Crippen molar-refractivity contribution < 1.29 is 9.90 Å². The van der Waals surface area contributed by atoms with E-state index in [-0.39, 0.29) is 18.4 Å². The fourth-order valence-electron chi connectivity index (χ4n) is 5.54. The number of rotatable bonds is 3. The molecule has 5 nitrogen and oxygen atoms in total. The molecule has 0 bridgehead atoms. The molecule has 1 amide bonds. The van der Waals surface area contributed by atoms with Crippen LogP contribution in [0, 0.1) is 5.92 Å². The molecule has 2 N–H and O–H groups in total. The minimum atomic E-state index is -0.00629. The Kier molecular flexibility index (Phi) is 4.08. The third kappa shape index (κ3) is 2.63. The Bertz CT molecular complexity index is 1390. The molecule has 1 aliphatic carbocycles. The molecule has 156 valence electrons. The molecule has 0 radical (unpaired) electrons. The maximum Gasteiger partial charge on any atom is 0.252 e. The quantitative estimate of drug-likeness (QED) is 0.542. The first-order valence-corrected chi connectivity index (χ1v) is 10.9. The number of nitrogens with zero attached hydrogens (tertiary/aromatic N) is 2. The highest BCUT2D eigenvalue weighted by atomic mass is 16.3. The van der Waals surface area contributed by atoms with Gasteiger partial charge in [0.25, 0.3) is 5.91 Å². The van der Waals surface area contributed by atoms with Crippen LogP contribution in [-0.4, -0.2) is 33.1 Å². The lowest BCUT2D eigenvalue weighted by Gasteiger charge is -2.22. The third-order valence-corrected chi connectivity index (χ3v) is 7.02. The SMILES string of the molecule is Cn1cc(C2=C(c3c4c(n5ccccc35)CCC(CO)C4)C(=O)NC2)c2ccccc21. The summed E-state index contributed by atoms with van der Waals surface area (Å²) < 4.78 is 4.38. The molecular weight excluding hydrogens is 386 g/mol. The Morgan fingerprint density at radius 2 is 1.94 bits per heavy atom. The van der Waals surface area contributed by atoms with Gasteiger partial charge in [0.1, 0.15) is 0 Å². The van der Waals surface area contributed by atoms with Crippen molar-refractivity contribution in [3.8, 4) is 0 Å². The summed E-state index contributed by atoms with van der Waals surface area (Å²) in [6, 6.07) is 14.5. The van der Waals surface area contributed by atoms with Crippen LogP contribution >= 0.6 is 0 Å². The van der Waals surface area contributed by atoms with E-state index in [0.717, 1.165) is 52.6 Å². The van der Waals surface area contributed by atoms with Gasteiger partial charge in [-0.3, -0.25) is 4.79 Å². The first-order valence-electron chi connectivity index (χ1n) is 10.9. The van der Waals surface area contributed by atoms with Gasteiger partial charge in [-0.1, -0.05) is 24.3 Å². The van der Waals surface area contributed by atoms with Crippen LogP contribution in [0.1, 0.15) is 28.8 Å². The van der Waals surface area contributed by atoms with E-state index in [1.807, 2.05) is 18.2 Å². The second kappa shape index (κ2) is 6.86. The summed E-state index contributed by atoms with van der Waals surface area (Å²) >= 11 is 0. The molecule has 1 unspecified atom stereocenters. The molecule has 2 aliphatic rings. The van der Waals surface area contributed by atoms with Crippen molar-refractivity contribution in [2.75, 3.05) is 13.2 Å². The lowest BCUT2D eigenvalue weighted by molar-refractivity contribution is -0.114. The molecule has 31 heavy (non-hydrogen) atoms. The number of carbonyl (C=O) groups excluding carboxylic acids is 1. The van der Waals surface area contributed by atoms with Crippen LogP contribution in [0.15, 0.2) is 54.9 Å². The van der Waals surface area contributed by atoms with E-state index >= 15 is 0 Å². The highest BCUT2D eigenvalue weighted by molar-refractivity contribution is 6.33. The number of hydrogen-bond acceptors (Lipinski definition) is 2. The summed E-state index contributed by atoms with van der Waals surface area (Å²) in [6.07, 6.45) is 6.95. The van der Waals surface area contributed by atoms with Gasteiger partial charge in [0.05, 0.1) is 11.1 Å². The fourth-order valence-corrected chi connectivity index (χ4v) is 5.54. The van der Waals surface area contributed by atoms with Gasteiger partial charge in [-0.15, -0.1) is 0 Å². The van der Waals surface area contributed by atoms with Crippen molar-refractivity contribution in [2.24, 2.45) is 13.0 Å². The number of hydrogen-bond donors (Lipinski definition) is 2. The number of aryl methyl sites for hydroxylation is 2. The normalized spacial score (nSPS) is 18.8. The number of aliphatic hydroxyl groups is 1. The molecule has 0 spiro atoms. The maximum absolute atomic E-state index is 13.2. The Morgan fingerprint density at radius 3 is 2.81 bits per heavy atom. The predicted molar refractivity (Wildman–Crippen MR) is 123 cm³/mol. The van der Waals surface area contributed by atoms with E-state index in [1.165, 1.54) is 16.6 Å². The van der Waals surface area contributed by atoms with Crippen LogP contribution in [0.5, 0.6) is 0 Å². The minimum absolute atomic E-state index is 0.00629. The number of para-hydroxylation sites is 1. The number of amides is 1. The Morgan fingerprint density at radius 1 is 1.13 bits per heavy atom. The Balaban J connectivity index is 1.67. The third-order valence-electron chi connectivity index (χ3n) is 7.02. The summed E-state index contributed by atoms with van der Waals surface area (Å²) in [7, 11) is 2.05.